The summed E-state index contributed by atoms with van der Waals surface area (Å²) in [6.45, 7) is 4.38. The molecule has 0 atom stereocenters. The summed E-state index contributed by atoms with van der Waals surface area (Å²) in [4.78, 5) is 10.8. The van der Waals surface area contributed by atoms with Crippen LogP contribution in [-0.2, 0) is 11.2 Å². The minimum absolute atomic E-state index is 0.111. The Labute approximate surface area is 131 Å². The summed E-state index contributed by atoms with van der Waals surface area (Å²) in [5, 5.41) is 14.7. The monoisotopic (exact) mass is 310 g/mol. The van der Waals surface area contributed by atoms with Crippen molar-refractivity contribution in [3.05, 3.63) is 11.8 Å². The Morgan fingerprint density at radius 3 is 2.62 bits per heavy atom. The normalized spacial score (nSPS) is 17.1. The Balaban J connectivity index is 2.18. The van der Waals surface area contributed by atoms with Gasteiger partial charge in [0, 0.05) is 0 Å². The van der Waals surface area contributed by atoms with Gasteiger partial charge >= 0.3 is 5.97 Å². The van der Waals surface area contributed by atoms with Gasteiger partial charge in [-0.1, -0.05) is 51.3 Å². The molecule has 5 heteroatoms. The fourth-order valence-electron chi connectivity index (χ4n) is 2.95. The largest absolute Gasteiger partial charge is 0.481 e. The lowest BCUT2D eigenvalue weighted by Gasteiger charge is -2.17. The third-order valence-corrected chi connectivity index (χ3v) is 4.88. The van der Waals surface area contributed by atoms with E-state index in [9.17, 15) is 4.79 Å². The number of nitrogens with zero attached hydrogens (tertiary/aromatic N) is 2. The Hall–Kier alpha value is -0.970. The zero-order chi connectivity index (χ0) is 15.2. The van der Waals surface area contributed by atoms with Crippen LogP contribution in [0.5, 0.6) is 0 Å². The second kappa shape index (κ2) is 7.87. The number of rotatable bonds is 6. The van der Waals surface area contributed by atoms with Gasteiger partial charge in [0.15, 0.2) is 0 Å². The highest BCUT2D eigenvalue weighted by Gasteiger charge is 2.20. The smallest absolute Gasteiger partial charge is 0.313 e. The van der Waals surface area contributed by atoms with Crippen LogP contribution < -0.4 is 0 Å². The minimum Gasteiger partial charge on any atom is -0.481 e. The predicted octanol–water partition coefficient (Wildman–Crippen LogP) is 4.15. The van der Waals surface area contributed by atoms with Gasteiger partial charge in [0.05, 0.1) is 22.5 Å². The molecule has 1 aromatic rings. The van der Waals surface area contributed by atoms with Gasteiger partial charge < -0.3 is 5.11 Å². The van der Waals surface area contributed by atoms with Crippen LogP contribution in [0, 0.1) is 5.92 Å². The zero-order valence-corrected chi connectivity index (χ0v) is 13.9. The SMILES string of the molecule is CC(C)Cc1cc(SCC(=O)O)n(C2CCCCCC2)n1. The lowest BCUT2D eigenvalue weighted by atomic mass is 10.1. The number of aromatic nitrogens is 2. The molecule has 0 saturated heterocycles. The molecule has 0 aromatic carbocycles. The van der Waals surface area contributed by atoms with Crippen LogP contribution in [0.4, 0.5) is 0 Å². The molecule has 1 N–H and O–H groups in total. The third-order valence-electron chi connectivity index (χ3n) is 3.88. The van der Waals surface area contributed by atoms with Crippen molar-refractivity contribution in [1.29, 1.82) is 0 Å². The highest BCUT2D eigenvalue weighted by Crippen LogP contribution is 2.31. The van der Waals surface area contributed by atoms with E-state index >= 15 is 0 Å². The van der Waals surface area contributed by atoms with E-state index in [1.165, 1.54) is 50.3 Å². The molecule has 0 aliphatic heterocycles. The van der Waals surface area contributed by atoms with Crippen molar-refractivity contribution < 1.29 is 9.90 Å². The molecule has 0 bridgehead atoms. The first-order chi connectivity index (χ1) is 10.1. The van der Waals surface area contributed by atoms with Crippen molar-refractivity contribution in [2.45, 2.75) is 69.9 Å². The molecule has 1 saturated carbocycles. The van der Waals surface area contributed by atoms with Crippen LogP contribution in [-0.4, -0.2) is 26.6 Å². The van der Waals surface area contributed by atoms with Crippen molar-refractivity contribution in [3.63, 3.8) is 0 Å². The molecule has 1 aliphatic rings. The molecule has 0 unspecified atom stereocenters. The average Bonchev–Trinajstić information content (AvgIpc) is 2.62. The number of hydrogen-bond donors (Lipinski definition) is 1. The van der Waals surface area contributed by atoms with E-state index in [4.69, 9.17) is 10.2 Å². The topological polar surface area (TPSA) is 55.1 Å². The molecule has 21 heavy (non-hydrogen) atoms. The molecule has 2 rings (SSSR count). The number of aliphatic carboxylic acids is 1. The number of hydrogen-bond acceptors (Lipinski definition) is 3. The summed E-state index contributed by atoms with van der Waals surface area (Å²) in [7, 11) is 0. The van der Waals surface area contributed by atoms with E-state index in [-0.39, 0.29) is 5.75 Å². The summed E-state index contributed by atoms with van der Waals surface area (Å²) in [5.41, 5.74) is 1.10. The maximum Gasteiger partial charge on any atom is 0.313 e. The van der Waals surface area contributed by atoms with E-state index in [1.54, 1.807) is 0 Å². The molecule has 4 nitrogen and oxygen atoms in total. The summed E-state index contributed by atoms with van der Waals surface area (Å²) in [6, 6.07) is 2.54. The molecule has 1 aliphatic carbocycles. The molecular formula is C16H26N2O2S. The molecule has 1 aromatic heterocycles. The lowest BCUT2D eigenvalue weighted by Crippen LogP contribution is -2.12. The number of carboxylic acids is 1. The van der Waals surface area contributed by atoms with Crippen molar-refractivity contribution in [3.8, 4) is 0 Å². The van der Waals surface area contributed by atoms with Gasteiger partial charge in [-0.25, -0.2) is 0 Å². The molecular weight excluding hydrogens is 284 g/mol. The van der Waals surface area contributed by atoms with E-state index < -0.39 is 5.97 Å². The highest BCUT2D eigenvalue weighted by molar-refractivity contribution is 7.99. The molecule has 118 valence electrons. The predicted molar refractivity (Wildman–Crippen MR) is 85.9 cm³/mol. The van der Waals surface area contributed by atoms with Crippen molar-refractivity contribution >= 4 is 17.7 Å². The summed E-state index contributed by atoms with van der Waals surface area (Å²) >= 11 is 1.40. The number of carboxylic acid groups (broad SMARTS) is 1. The van der Waals surface area contributed by atoms with Gasteiger partial charge in [-0.05, 0) is 31.2 Å². The van der Waals surface area contributed by atoms with Crippen LogP contribution in [0.1, 0.15) is 64.1 Å². The Bertz CT molecular complexity index is 463. The summed E-state index contributed by atoms with van der Waals surface area (Å²) < 4.78 is 2.12. The van der Waals surface area contributed by atoms with Crippen molar-refractivity contribution in [2.75, 3.05) is 5.75 Å². The van der Waals surface area contributed by atoms with E-state index in [2.05, 4.69) is 24.6 Å². The molecule has 0 amide bonds. The Morgan fingerprint density at radius 2 is 2.05 bits per heavy atom. The fourth-order valence-corrected chi connectivity index (χ4v) is 3.76. The molecule has 0 radical (unpaired) electrons. The minimum atomic E-state index is -0.765. The third kappa shape index (κ3) is 5.06. The van der Waals surface area contributed by atoms with Gasteiger partial charge in [-0.15, -0.1) is 0 Å². The average molecular weight is 310 g/mol. The zero-order valence-electron chi connectivity index (χ0n) is 13.0. The molecule has 1 heterocycles. The summed E-state index contributed by atoms with van der Waals surface area (Å²) in [6.07, 6.45) is 8.44. The van der Waals surface area contributed by atoms with Crippen LogP contribution in [0.2, 0.25) is 0 Å². The van der Waals surface area contributed by atoms with Crippen LogP contribution in [0.15, 0.2) is 11.1 Å². The van der Waals surface area contributed by atoms with Gasteiger partial charge in [-0.3, -0.25) is 9.48 Å². The second-order valence-electron chi connectivity index (χ2n) is 6.34. The second-order valence-corrected chi connectivity index (χ2v) is 7.34. The van der Waals surface area contributed by atoms with Gasteiger partial charge in [-0.2, -0.15) is 5.10 Å². The standard InChI is InChI=1S/C16H26N2O2S/c1-12(2)9-13-10-15(21-11-16(19)20)18(17-13)14-7-5-3-4-6-8-14/h10,12,14H,3-9,11H2,1-2H3,(H,19,20). The van der Waals surface area contributed by atoms with Crippen LogP contribution in [0.25, 0.3) is 0 Å². The van der Waals surface area contributed by atoms with E-state index in [0.717, 1.165) is 17.1 Å². The first kappa shape index (κ1) is 16.4. The van der Waals surface area contributed by atoms with Crippen molar-refractivity contribution in [2.24, 2.45) is 5.92 Å². The molecule has 1 fully saturated rings. The molecule has 0 spiro atoms. The maximum absolute atomic E-state index is 10.8. The van der Waals surface area contributed by atoms with E-state index in [0.29, 0.717) is 12.0 Å². The summed E-state index contributed by atoms with van der Waals surface area (Å²) in [5.74, 6) is -0.0849. The highest BCUT2D eigenvalue weighted by atomic mass is 32.2. The quantitative estimate of drug-likeness (QED) is 0.633. The van der Waals surface area contributed by atoms with Gasteiger partial charge in [0.2, 0.25) is 0 Å². The first-order valence-corrected chi connectivity index (χ1v) is 8.98. The number of thioether (sulfide) groups is 1. The first-order valence-electron chi connectivity index (χ1n) is 7.99. The van der Waals surface area contributed by atoms with Crippen LogP contribution in [0.3, 0.4) is 0 Å². The maximum atomic E-state index is 10.8. The van der Waals surface area contributed by atoms with Gasteiger partial charge in [0.1, 0.15) is 0 Å². The Kier molecular flexibility index (Phi) is 6.15. The van der Waals surface area contributed by atoms with Gasteiger partial charge in [0.25, 0.3) is 0 Å². The Morgan fingerprint density at radius 1 is 1.38 bits per heavy atom. The number of carbonyl (C=O) groups is 1. The fraction of sp³-hybridized carbons (Fsp3) is 0.750. The van der Waals surface area contributed by atoms with Crippen LogP contribution >= 0.6 is 11.8 Å². The lowest BCUT2D eigenvalue weighted by molar-refractivity contribution is -0.133. The van der Waals surface area contributed by atoms with Crippen molar-refractivity contribution in [1.82, 2.24) is 9.78 Å². The van der Waals surface area contributed by atoms with E-state index in [1.807, 2.05) is 0 Å².